The summed E-state index contributed by atoms with van der Waals surface area (Å²) in [6, 6.07) is 0. The molecule has 0 aliphatic carbocycles. The lowest BCUT2D eigenvalue weighted by Crippen LogP contribution is -2.32. The Hall–Kier alpha value is -0.120. The molecule has 1 saturated heterocycles. The third-order valence-electron chi connectivity index (χ3n) is 2.21. The highest BCUT2D eigenvalue weighted by atomic mass is 16.5. The van der Waals surface area contributed by atoms with E-state index in [1.165, 1.54) is 0 Å². The minimum absolute atomic E-state index is 0.232. The fourth-order valence-corrected chi connectivity index (χ4v) is 1.45. The molecule has 1 heterocycles. The zero-order valence-corrected chi connectivity index (χ0v) is 7.75. The third kappa shape index (κ3) is 4.04. The van der Waals surface area contributed by atoms with Crippen LogP contribution in [-0.2, 0) is 4.74 Å². The second-order valence-electron chi connectivity index (χ2n) is 3.56. The van der Waals surface area contributed by atoms with E-state index in [0.29, 0.717) is 6.54 Å². The third-order valence-corrected chi connectivity index (χ3v) is 2.21. The number of rotatable bonds is 4. The summed E-state index contributed by atoms with van der Waals surface area (Å²) in [5.74, 6) is 0.748. The molecule has 1 aliphatic heterocycles. The minimum Gasteiger partial charge on any atom is -0.392 e. The largest absolute Gasteiger partial charge is 0.392 e. The molecule has 0 spiro atoms. The van der Waals surface area contributed by atoms with E-state index in [9.17, 15) is 0 Å². The van der Waals surface area contributed by atoms with E-state index in [1.807, 2.05) is 0 Å². The van der Waals surface area contributed by atoms with Crippen molar-refractivity contribution in [3.63, 3.8) is 0 Å². The lowest BCUT2D eigenvalue weighted by Gasteiger charge is -2.22. The average Bonchev–Trinajstić information content (AvgIpc) is 2.05. The monoisotopic (exact) mass is 173 g/mol. The number of ether oxygens (including phenoxy) is 1. The lowest BCUT2D eigenvalue weighted by molar-refractivity contribution is 0.0652. The highest BCUT2D eigenvalue weighted by Crippen LogP contribution is 2.12. The molecule has 0 aromatic heterocycles. The maximum Gasteiger partial charge on any atom is 0.0636 e. The fraction of sp³-hybridized carbons (Fsp3) is 1.00. The van der Waals surface area contributed by atoms with Gasteiger partial charge in [0.05, 0.1) is 6.10 Å². The normalized spacial score (nSPS) is 22.5. The zero-order valence-electron chi connectivity index (χ0n) is 7.75. The molecule has 0 saturated carbocycles. The first-order chi connectivity index (χ1) is 5.79. The van der Waals surface area contributed by atoms with Gasteiger partial charge in [0, 0.05) is 19.8 Å². The van der Waals surface area contributed by atoms with E-state index >= 15 is 0 Å². The first-order valence-corrected chi connectivity index (χ1v) is 4.75. The Kier molecular flexibility index (Phi) is 4.58. The molecule has 0 unspecified atom stereocenters. The molecule has 0 aromatic carbocycles. The highest BCUT2D eigenvalue weighted by molar-refractivity contribution is 4.66. The van der Waals surface area contributed by atoms with Crippen molar-refractivity contribution < 1.29 is 9.84 Å². The Morgan fingerprint density at radius 2 is 2.17 bits per heavy atom. The van der Waals surface area contributed by atoms with E-state index < -0.39 is 0 Å². The number of aliphatic hydroxyl groups is 1. The van der Waals surface area contributed by atoms with Crippen LogP contribution in [0.1, 0.15) is 19.8 Å². The van der Waals surface area contributed by atoms with Crippen LogP contribution in [0.3, 0.4) is 0 Å². The Labute approximate surface area is 74.1 Å². The second-order valence-corrected chi connectivity index (χ2v) is 3.56. The van der Waals surface area contributed by atoms with Gasteiger partial charge >= 0.3 is 0 Å². The Balaban J connectivity index is 1.98. The van der Waals surface area contributed by atoms with E-state index in [1.54, 1.807) is 6.92 Å². The lowest BCUT2D eigenvalue weighted by atomic mass is 10.0. The van der Waals surface area contributed by atoms with Crippen LogP contribution >= 0.6 is 0 Å². The van der Waals surface area contributed by atoms with Crippen molar-refractivity contribution in [2.75, 3.05) is 26.3 Å². The van der Waals surface area contributed by atoms with E-state index in [0.717, 1.165) is 38.5 Å². The zero-order chi connectivity index (χ0) is 8.81. The first kappa shape index (κ1) is 9.96. The van der Waals surface area contributed by atoms with Crippen molar-refractivity contribution in [3.05, 3.63) is 0 Å². The van der Waals surface area contributed by atoms with Gasteiger partial charge in [-0.1, -0.05) is 0 Å². The van der Waals surface area contributed by atoms with Crippen molar-refractivity contribution in [2.45, 2.75) is 25.9 Å². The summed E-state index contributed by atoms with van der Waals surface area (Å²) in [5.41, 5.74) is 0. The summed E-state index contributed by atoms with van der Waals surface area (Å²) >= 11 is 0. The summed E-state index contributed by atoms with van der Waals surface area (Å²) in [6.45, 7) is 5.34. The number of hydrogen-bond donors (Lipinski definition) is 2. The summed E-state index contributed by atoms with van der Waals surface area (Å²) in [5, 5.41) is 12.2. The van der Waals surface area contributed by atoms with Gasteiger partial charge in [0.25, 0.3) is 0 Å². The molecule has 72 valence electrons. The number of nitrogens with one attached hydrogen (secondary N) is 1. The van der Waals surface area contributed by atoms with E-state index in [-0.39, 0.29) is 6.10 Å². The molecule has 0 aromatic rings. The molecular weight excluding hydrogens is 154 g/mol. The highest BCUT2D eigenvalue weighted by Gasteiger charge is 2.12. The van der Waals surface area contributed by atoms with Crippen molar-refractivity contribution in [3.8, 4) is 0 Å². The second kappa shape index (κ2) is 5.51. The molecule has 1 atom stereocenters. The van der Waals surface area contributed by atoms with Crippen LogP contribution < -0.4 is 5.32 Å². The van der Waals surface area contributed by atoms with Crippen molar-refractivity contribution in [1.29, 1.82) is 0 Å². The molecule has 1 aliphatic rings. The molecule has 0 radical (unpaired) electrons. The first-order valence-electron chi connectivity index (χ1n) is 4.75. The molecule has 1 fully saturated rings. The van der Waals surface area contributed by atoms with E-state index in [2.05, 4.69) is 5.32 Å². The molecular formula is C9H19NO2. The molecule has 12 heavy (non-hydrogen) atoms. The molecule has 1 rings (SSSR count). The van der Waals surface area contributed by atoms with Crippen LogP contribution in [0.2, 0.25) is 0 Å². The minimum atomic E-state index is -0.232. The van der Waals surface area contributed by atoms with Gasteiger partial charge in [-0.25, -0.2) is 0 Å². The number of aliphatic hydroxyl groups excluding tert-OH is 1. The summed E-state index contributed by atoms with van der Waals surface area (Å²) in [6.07, 6.45) is 2.09. The topological polar surface area (TPSA) is 41.5 Å². The predicted molar refractivity (Wildman–Crippen MR) is 48.1 cm³/mol. The van der Waals surface area contributed by atoms with Crippen LogP contribution in [0.5, 0.6) is 0 Å². The number of hydrogen-bond acceptors (Lipinski definition) is 3. The van der Waals surface area contributed by atoms with E-state index in [4.69, 9.17) is 9.84 Å². The summed E-state index contributed by atoms with van der Waals surface area (Å²) in [4.78, 5) is 0. The Morgan fingerprint density at radius 1 is 1.50 bits per heavy atom. The molecule has 2 N–H and O–H groups in total. The van der Waals surface area contributed by atoms with Gasteiger partial charge in [0.15, 0.2) is 0 Å². The Morgan fingerprint density at radius 3 is 2.75 bits per heavy atom. The SMILES string of the molecule is C[C@@H](O)CNCC1CCOCC1. The molecule has 3 nitrogen and oxygen atoms in total. The average molecular weight is 173 g/mol. The van der Waals surface area contributed by atoms with Gasteiger partial charge < -0.3 is 15.2 Å². The van der Waals surface area contributed by atoms with Crippen LogP contribution in [0.25, 0.3) is 0 Å². The van der Waals surface area contributed by atoms with Crippen molar-refractivity contribution in [2.24, 2.45) is 5.92 Å². The smallest absolute Gasteiger partial charge is 0.0636 e. The molecule has 3 heteroatoms. The van der Waals surface area contributed by atoms with Gasteiger partial charge in [-0.15, -0.1) is 0 Å². The molecule has 0 amide bonds. The Bertz CT molecular complexity index is 111. The standard InChI is InChI=1S/C9H19NO2/c1-8(11)6-10-7-9-2-4-12-5-3-9/h8-11H,2-7H2,1H3/t8-/m1/s1. The van der Waals surface area contributed by atoms with Gasteiger partial charge in [0.1, 0.15) is 0 Å². The quantitative estimate of drug-likeness (QED) is 0.646. The van der Waals surface area contributed by atoms with Crippen LogP contribution in [0.15, 0.2) is 0 Å². The van der Waals surface area contributed by atoms with Gasteiger partial charge in [-0.3, -0.25) is 0 Å². The van der Waals surface area contributed by atoms with Gasteiger partial charge in [-0.05, 0) is 32.2 Å². The van der Waals surface area contributed by atoms with Gasteiger partial charge in [0.2, 0.25) is 0 Å². The fourth-order valence-electron chi connectivity index (χ4n) is 1.45. The van der Waals surface area contributed by atoms with Crippen LogP contribution in [-0.4, -0.2) is 37.5 Å². The maximum atomic E-state index is 8.99. The predicted octanol–water partition coefficient (Wildman–Crippen LogP) is 0.383. The summed E-state index contributed by atoms with van der Waals surface area (Å²) < 4.78 is 5.25. The van der Waals surface area contributed by atoms with Gasteiger partial charge in [-0.2, -0.15) is 0 Å². The summed E-state index contributed by atoms with van der Waals surface area (Å²) in [7, 11) is 0. The molecule has 0 bridgehead atoms. The van der Waals surface area contributed by atoms with Crippen LogP contribution in [0, 0.1) is 5.92 Å². The maximum absolute atomic E-state index is 8.99. The van der Waals surface area contributed by atoms with Crippen molar-refractivity contribution in [1.82, 2.24) is 5.32 Å². The van der Waals surface area contributed by atoms with Crippen molar-refractivity contribution >= 4 is 0 Å². The van der Waals surface area contributed by atoms with Crippen LogP contribution in [0.4, 0.5) is 0 Å².